The Morgan fingerprint density at radius 2 is 1.76 bits per heavy atom. The molecule has 3 nitrogen and oxygen atoms in total. The fourth-order valence-electron chi connectivity index (χ4n) is 2.24. The van der Waals surface area contributed by atoms with Crippen LogP contribution in [0.1, 0.15) is 39.7 Å². The van der Waals surface area contributed by atoms with Crippen LogP contribution >= 0.6 is 0 Å². The molecule has 2 unspecified atom stereocenters. The van der Waals surface area contributed by atoms with Crippen LogP contribution in [-0.2, 0) is 11.3 Å². The van der Waals surface area contributed by atoms with E-state index in [1.807, 2.05) is 6.07 Å². The Bertz CT molecular complexity index is 367. The summed E-state index contributed by atoms with van der Waals surface area (Å²) in [7, 11) is 0. The summed E-state index contributed by atoms with van der Waals surface area (Å²) in [6, 6.07) is 10.9. The van der Waals surface area contributed by atoms with Crippen molar-refractivity contribution < 1.29 is 9.84 Å². The summed E-state index contributed by atoms with van der Waals surface area (Å²) in [6.45, 7) is 11.3. The molecule has 0 fully saturated rings. The third kappa shape index (κ3) is 7.60. The molecule has 0 bridgehead atoms. The first kappa shape index (κ1) is 18.1. The molecule has 0 aliphatic rings. The molecule has 1 aromatic rings. The number of benzene rings is 1. The maximum absolute atomic E-state index is 10.2. The lowest BCUT2D eigenvalue weighted by molar-refractivity contribution is 0.000123. The van der Waals surface area contributed by atoms with Crippen molar-refractivity contribution in [2.75, 3.05) is 19.8 Å². The molecule has 21 heavy (non-hydrogen) atoms. The van der Waals surface area contributed by atoms with E-state index in [0.29, 0.717) is 31.7 Å². The SMILES string of the molecule is CCC(C)N(Cc1ccccc1)CC(O)COCC(C)C. The zero-order valence-electron chi connectivity index (χ0n) is 14.0. The van der Waals surface area contributed by atoms with Gasteiger partial charge in [0, 0.05) is 25.7 Å². The summed E-state index contributed by atoms with van der Waals surface area (Å²) < 4.78 is 5.54. The molecule has 0 aliphatic heterocycles. The van der Waals surface area contributed by atoms with E-state index >= 15 is 0 Å². The molecule has 0 saturated heterocycles. The first-order valence-corrected chi connectivity index (χ1v) is 8.06. The van der Waals surface area contributed by atoms with E-state index in [1.54, 1.807) is 0 Å². The van der Waals surface area contributed by atoms with Crippen LogP contribution in [0.3, 0.4) is 0 Å². The Morgan fingerprint density at radius 3 is 2.33 bits per heavy atom. The normalized spacial score (nSPS) is 14.6. The van der Waals surface area contributed by atoms with Gasteiger partial charge in [0.25, 0.3) is 0 Å². The van der Waals surface area contributed by atoms with Gasteiger partial charge in [0.1, 0.15) is 0 Å². The van der Waals surface area contributed by atoms with Crippen LogP contribution in [0, 0.1) is 5.92 Å². The van der Waals surface area contributed by atoms with Crippen LogP contribution < -0.4 is 0 Å². The van der Waals surface area contributed by atoms with Gasteiger partial charge in [-0.05, 0) is 24.8 Å². The molecule has 0 aliphatic carbocycles. The highest BCUT2D eigenvalue weighted by Gasteiger charge is 2.17. The van der Waals surface area contributed by atoms with Crippen molar-refractivity contribution in [2.45, 2.75) is 52.8 Å². The predicted octanol–water partition coefficient (Wildman–Crippen LogP) is 3.32. The molecule has 0 spiro atoms. The summed E-state index contributed by atoms with van der Waals surface area (Å²) in [6.07, 6.45) is 0.647. The summed E-state index contributed by atoms with van der Waals surface area (Å²) in [5.74, 6) is 0.507. The van der Waals surface area contributed by atoms with Crippen molar-refractivity contribution in [3.8, 4) is 0 Å². The predicted molar refractivity (Wildman–Crippen MR) is 88.3 cm³/mol. The van der Waals surface area contributed by atoms with Gasteiger partial charge in [-0.1, -0.05) is 51.1 Å². The van der Waals surface area contributed by atoms with E-state index < -0.39 is 6.10 Å². The molecule has 3 heteroatoms. The van der Waals surface area contributed by atoms with Crippen molar-refractivity contribution in [3.63, 3.8) is 0 Å². The van der Waals surface area contributed by atoms with Crippen LogP contribution in [0.15, 0.2) is 30.3 Å². The molecule has 0 heterocycles. The number of nitrogens with zero attached hydrogens (tertiary/aromatic N) is 1. The molecule has 2 atom stereocenters. The van der Waals surface area contributed by atoms with Crippen molar-refractivity contribution in [2.24, 2.45) is 5.92 Å². The molecule has 0 radical (unpaired) electrons. The van der Waals surface area contributed by atoms with E-state index in [1.165, 1.54) is 5.56 Å². The Morgan fingerprint density at radius 1 is 1.10 bits per heavy atom. The smallest absolute Gasteiger partial charge is 0.0900 e. The molecule has 1 N–H and O–H groups in total. The maximum atomic E-state index is 10.2. The van der Waals surface area contributed by atoms with Crippen molar-refractivity contribution in [3.05, 3.63) is 35.9 Å². The first-order chi connectivity index (χ1) is 10.0. The van der Waals surface area contributed by atoms with Crippen LogP contribution in [0.25, 0.3) is 0 Å². The molecule has 0 amide bonds. The Hall–Kier alpha value is -0.900. The molecule has 1 aromatic carbocycles. The topological polar surface area (TPSA) is 32.7 Å². The summed E-state index contributed by atoms with van der Waals surface area (Å²) in [4.78, 5) is 2.33. The lowest BCUT2D eigenvalue weighted by Gasteiger charge is -2.30. The van der Waals surface area contributed by atoms with Gasteiger partial charge in [0.2, 0.25) is 0 Å². The van der Waals surface area contributed by atoms with Crippen molar-refractivity contribution in [1.82, 2.24) is 4.90 Å². The minimum absolute atomic E-state index is 0.417. The number of rotatable bonds is 10. The number of aliphatic hydroxyl groups is 1. The number of aliphatic hydroxyl groups excluding tert-OH is 1. The number of ether oxygens (including phenoxy) is 1. The fourth-order valence-corrected chi connectivity index (χ4v) is 2.24. The quantitative estimate of drug-likeness (QED) is 0.718. The van der Waals surface area contributed by atoms with Gasteiger partial charge in [-0.2, -0.15) is 0 Å². The van der Waals surface area contributed by atoms with E-state index in [-0.39, 0.29) is 0 Å². The first-order valence-electron chi connectivity index (χ1n) is 8.06. The van der Waals surface area contributed by atoms with Gasteiger partial charge in [0.15, 0.2) is 0 Å². The second-order valence-corrected chi connectivity index (χ2v) is 6.26. The summed E-state index contributed by atoms with van der Waals surface area (Å²) in [5.41, 5.74) is 1.29. The minimum atomic E-state index is -0.429. The number of hydrogen-bond acceptors (Lipinski definition) is 3. The molecule has 0 saturated carbocycles. The van der Waals surface area contributed by atoms with Gasteiger partial charge >= 0.3 is 0 Å². The highest BCUT2D eigenvalue weighted by molar-refractivity contribution is 5.14. The van der Waals surface area contributed by atoms with Crippen molar-refractivity contribution >= 4 is 0 Å². The zero-order valence-corrected chi connectivity index (χ0v) is 14.0. The third-order valence-electron chi connectivity index (χ3n) is 3.65. The summed E-state index contributed by atoms with van der Waals surface area (Å²) >= 11 is 0. The van der Waals surface area contributed by atoms with Gasteiger partial charge < -0.3 is 9.84 Å². The largest absolute Gasteiger partial charge is 0.389 e. The monoisotopic (exact) mass is 293 g/mol. The fraction of sp³-hybridized carbons (Fsp3) is 0.667. The van der Waals surface area contributed by atoms with Gasteiger partial charge in [-0.3, -0.25) is 4.90 Å². The second kappa shape index (κ2) is 9.93. The van der Waals surface area contributed by atoms with Crippen LogP contribution in [0.5, 0.6) is 0 Å². The molecule has 0 aromatic heterocycles. The second-order valence-electron chi connectivity index (χ2n) is 6.26. The van der Waals surface area contributed by atoms with Crippen LogP contribution in [0.4, 0.5) is 0 Å². The van der Waals surface area contributed by atoms with E-state index in [2.05, 4.69) is 56.9 Å². The number of hydrogen-bond donors (Lipinski definition) is 1. The third-order valence-corrected chi connectivity index (χ3v) is 3.65. The molecular formula is C18H31NO2. The minimum Gasteiger partial charge on any atom is -0.389 e. The average Bonchev–Trinajstić information content (AvgIpc) is 2.46. The van der Waals surface area contributed by atoms with Gasteiger partial charge in [-0.15, -0.1) is 0 Å². The molecular weight excluding hydrogens is 262 g/mol. The van der Waals surface area contributed by atoms with E-state index in [9.17, 15) is 5.11 Å². The van der Waals surface area contributed by atoms with Gasteiger partial charge in [-0.25, -0.2) is 0 Å². The average molecular weight is 293 g/mol. The maximum Gasteiger partial charge on any atom is 0.0900 e. The van der Waals surface area contributed by atoms with Gasteiger partial charge in [0.05, 0.1) is 12.7 Å². The standard InChI is InChI=1S/C18H31NO2/c1-5-16(4)19(11-17-9-7-6-8-10-17)12-18(20)14-21-13-15(2)3/h6-10,15-16,18,20H,5,11-14H2,1-4H3. The lowest BCUT2D eigenvalue weighted by Crippen LogP contribution is -2.40. The van der Waals surface area contributed by atoms with Crippen LogP contribution in [0.2, 0.25) is 0 Å². The Labute approximate surface area is 129 Å². The highest BCUT2D eigenvalue weighted by Crippen LogP contribution is 2.11. The Balaban J connectivity index is 2.49. The lowest BCUT2D eigenvalue weighted by atomic mass is 10.1. The molecule has 1 rings (SSSR count). The zero-order chi connectivity index (χ0) is 15.7. The van der Waals surface area contributed by atoms with E-state index in [4.69, 9.17) is 4.74 Å². The summed E-state index contributed by atoms with van der Waals surface area (Å²) in [5, 5.41) is 10.2. The molecule has 120 valence electrons. The highest BCUT2D eigenvalue weighted by atomic mass is 16.5. The van der Waals surface area contributed by atoms with Crippen molar-refractivity contribution in [1.29, 1.82) is 0 Å². The van der Waals surface area contributed by atoms with E-state index in [0.717, 1.165) is 13.0 Å². The Kier molecular flexibility index (Phi) is 8.58. The van der Waals surface area contributed by atoms with Crippen LogP contribution in [-0.4, -0.2) is 41.9 Å².